The number of fused-ring (bicyclic) bond motifs is 1. The van der Waals surface area contributed by atoms with Gasteiger partial charge < -0.3 is 28.7 Å². The van der Waals surface area contributed by atoms with Gasteiger partial charge in [0, 0.05) is 13.1 Å². The number of aromatic nitrogens is 6. The molecule has 0 unspecified atom stereocenters. The van der Waals surface area contributed by atoms with Gasteiger partial charge in [-0.1, -0.05) is 12.1 Å². The van der Waals surface area contributed by atoms with Crippen LogP contribution in [-0.2, 0) is 0 Å². The highest BCUT2D eigenvalue weighted by molar-refractivity contribution is 5.80. The average Bonchev–Trinajstić information content (AvgIpc) is 3.23. The summed E-state index contributed by atoms with van der Waals surface area (Å²) in [5.41, 5.74) is -0.772. The van der Waals surface area contributed by atoms with Gasteiger partial charge >= 0.3 is 96.1 Å². The molecule has 0 aliphatic carbocycles. The van der Waals surface area contributed by atoms with Gasteiger partial charge in [0.05, 0.1) is 63.5 Å². The Hall–Kier alpha value is -5.92. The second-order valence-corrected chi connectivity index (χ2v) is 14.7. The summed E-state index contributed by atoms with van der Waals surface area (Å²) < 4.78 is 391. The Bertz CT molecular complexity index is 2110. The molecule has 3 aromatic rings. The number of anilines is 4. The van der Waals surface area contributed by atoms with Crippen LogP contribution in [0.4, 0.5) is 146 Å². The van der Waals surface area contributed by atoms with Gasteiger partial charge in [0.2, 0.25) is 11.9 Å². The molecule has 3 heterocycles. The van der Waals surface area contributed by atoms with Crippen LogP contribution in [0.15, 0.2) is 24.3 Å². The molecule has 4 rings (SSSR count). The zero-order chi connectivity index (χ0) is 56.7. The number of para-hydroxylation sites is 2. The molecule has 0 radical (unpaired) electrons. The molecular formula is C34H24F28N8O4. The summed E-state index contributed by atoms with van der Waals surface area (Å²) in [5.74, 6) is -52.6. The van der Waals surface area contributed by atoms with E-state index in [-0.39, 0.29) is 11.4 Å². The maximum absolute atomic E-state index is 14.0. The zero-order valence-corrected chi connectivity index (χ0v) is 35.2. The maximum atomic E-state index is 14.0. The van der Waals surface area contributed by atoms with Crippen molar-refractivity contribution >= 4 is 23.3 Å². The molecule has 40 heteroatoms. The van der Waals surface area contributed by atoms with E-state index < -0.39 is 173 Å². The van der Waals surface area contributed by atoms with Crippen molar-refractivity contribution < 1.29 is 142 Å². The van der Waals surface area contributed by atoms with E-state index in [1.54, 1.807) is 0 Å². The van der Waals surface area contributed by atoms with Gasteiger partial charge in [0.15, 0.2) is 0 Å². The number of nitrogens with zero attached hydrogens (tertiary/aromatic N) is 8. The molecule has 12 nitrogen and oxygen atoms in total. The lowest BCUT2D eigenvalue weighted by Crippen LogP contribution is -2.52. The number of benzene rings is 1. The van der Waals surface area contributed by atoms with E-state index in [1.807, 2.05) is 0 Å². The van der Waals surface area contributed by atoms with Gasteiger partial charge in [-0.3, -0.25) is 0 Å². The molecule has 0 N–H and O–H groups in total. The van der Waals surface area contributed by atoms with Crippen molar-refractivity contribution in [1.82, 2.24) is 29.9 Å². The fraction of sp³-hybridized carbons (Fsp3) is 0.647. The first-order chi connectivity index (χ1) is 33.2. The lowest BCUT2D eigenvalue weighted by atomic mass is 10.1. The number of ether oxygens (including phenoxy) is 4. The van der Waals surface area contributed by atoms with E-state index in [0.29, 0.717) is 0 Å². The molecule has 0 saturated carbocycles. The molecule has 0 saturated heterocycles. The van der Waals surface area contributed by atoms with E-state index in [4.69, 9.17) is 0 Å². The minimum atomic E-state index is -6.85. The molecule has 420 valence electrons. The molecule has 1 aliphatic rings. The van der Waals surface area contributed by atoms with Crippen molar-refractivity contribution in [1.29, 1.82) is 0 Å². The standard InChI is InChI=1S/C34H24F28N8O4/c35-23(36,27(43,44)31(51,52)53)5-11-71-19-63-17(64-20(67-19)72-12-6-24(37,38)28(45,46)32(54,55)56)69-9-10-70(16-4-2-1-3-15(16)69)18-65-21(73-13-7-25(39,40)29(47,48)33(57,58)59)68-22(66-18)74-14-8-26(41,42)30(49,50)34(60,61)62/h1-4H,5-14H2. The van der Waals surface area contributed by atoms with Crippen LogP contribution in [0.3, 0.4) is 0 Å². The second-order valence-electron chi connectivity index (χ2n) is 14.7. The Morgan fingerprint density at radius 1 is 0.324 bits per heavy atom. The maximum Gasteiger partial charge on any atom is 0.459 e. The first-order valence-electron chi connectivity index (χ1n) is 19.2. The van der Waals surface area contributed by atoms with Gasteiger partial charge in [0.25, 0.3) is 0 Å². The topological polar surface area (TPSA) is 121 Å². The lowest BCUT2D eigenvalue weighted by Gasteiger charge is -2.36. The van der Waals surface area contributed by atoms with Gasteiger partial charge in [-0.2, -0.15) is 143 Å². The molecule has 0 spiro atoms. The molecule has 0 fully saturated rings. The van der Waals surface area contributed by atoms with E-state index in [2.05, 4.69) is 48.9 Å². The predicted octanol–water partition coefficient (Wildman–Crippen LogP) is 11.8. The molecule has 0 atom stereocenters. The van der Waals surface area contributed by atoms with Crippen molar-refractivity contribution in [3.8, 4) is 24.0 Å². The summed E-state index contributed by atoms with van der Waals surface area (Å²) in [5, 5.41) is 0. The first-order valence-corrected chi connectivity index (χ1v) is 19.2. The van der Waals surface area contributed by atoms with Crippen LogP contribution in [0.25, 0.3) is 0 Å². The monoisotopic (exact) mass is 1140 g/mol. The van der Waals surface area contributed by atoms with E-state index in [9.17, 15) is 123 Å². The van der Waals surface area contributed by atoms with Crippen LogP contribution in [0.1, 0.15) is 25.7 Å². The van der Waals surface area contributed by atoms with E-state index >= 15 is 0 Å². The zero-order valence-electron chi connectivity index (χ0n) is 35.2. The quantitative estimate of drug-likeness (QED) is 0.0891. The Morgan fingerprint density at radius 2 is 0.527 bits per heavy atom. The predicted molar refractivity (Wildman–Crippen MR) is 184 cm³/mol. The minimum absolute atomic E-state index is 0.386. The van der Waals surface area contributed by atoms with Crippen molar-refractivity contribution in [2.75, 3.05) is 49.3 Å². The molecule has 1 aliphatic heterocycles. The largest absolute Gasteiger partial charge is 0.463 e. The van der Waals surface area contributed by atoms with Crippen LogP contribution >= 0.6 is 0 Å². The summed E-state index contributed by atoms with van der Waals surface area (Å²) in [6, 6.07) is -1.59. The minimum Gasteiger partial charge on any atom is -0.463 e. The van der Waals surface area contributed by atoms with E-state index in [1.165, 1.54) is 0 Å². The Kier molecular flexibility index (Phi) is 16.6. The van der Waals surface area contributed by atoms with Crippen LogP contribution in [0.5, 0.6) is 24.0 Å². The third-order valence-corrected chi connectivity index (χ3v) is 9.51. The molecule has 74 heavy (non-hydrogen) atoms. The number of halogens is 28. The average molecular weight is 1140 g/mol. The van der Waals surface area contributed by atoms with Crippen LogP contribution in [0.2, 0.25) is 0 Å². The Morgan fingerprint density at radius 3 is 0.716 bits per heavy atom. The summed E-state index contributed by atoms with van der Waals surface area (Å²) in [7, 11) is 0. The number of hydrogen-bond acceptors (Lipinski definition) is 12. The third-order valence-electron chi connectivity index (χ3n) is 9.51. The normalized spacial score (nSPS) is 15.3. The Balaban J connectivity index is 1.75. The van der Waals surface area contributed by atoms with E-state index in [0.717, 1.165) is 34.1 Å². The SMILES string of the molecule is FC(F)(F)C(F)(F)C(F)(F)CCOc1nc(OCCC(F)(F)C(F)(F)C(F)(F)F)nc(N2CCN(c3nc(OCCC(F)(F)C(F)(F)C(F)(F)F)nc(OCCC(F)(F)C(F)(F)C(F)(F)F)n3)c3ccccc32)n1. The van der Waals surface area contributed by atoms with Gasteiger partial charge in [-0.05, 0) is 12.1 Å². The highest BCUT2D eigenvalue weighted by Gasteiger charge is 2.75. The summed E-state index contributed by atoms with van der Waals surface area (Å²) >= 11 is 0. The van der Waals surface area contributed by atoms with Crippen LogP contribution < -0.4 is 28.7 Å². The Labute approximate surface area is 390 Å². The lowest BCUT2D eigenvalue weighted by molar-refractivity contribution is -0.356. The molecular weight excluding hydrogens is 1120 g/mol. The van der Waals surface area contributed by atoms with Crippen LogP contribution in [0, 0.1) is 0 Å². The van der Waals surface area contributed by atoms with Gasteiger partial charge in [0.1, 0.15) is 0 Å². The summed E-state index contributed by atoms with van der Waals surface area (Å²) in [6.07, 6.45) is -37.4. The number of alkyl halides is 28. The van der Waals surface area contributed by atoms with Crippen molar-refractivity contribution in [2.45, 2.75) is 97.8 Å². The second kappa shape index (κ2) is 20.3. The van der Waals surface area contributed by atoms with Crippen molar-refractivity contribution in [3.63, 3.8) is 0 Å². The molecule has 0 bridgehead atoms. The highest BCUT2D eigenvalue weighted by Crippen LogP contribution is 2.52. The van der Waals surface area contributed by atoms with Crippen LogP contribution in [-0.4, -0.2) is 142 Å². The molecule has 0 amide bonds. The van der Waals surface area contributed by atoms with Crippen molar-refractivity contribution in [3.05, 3.63) is 24.3 Å². The van der Waals surface area contributed by atoms with Gasteiger partial charge in [-0.25, -0.2) is 0 Å². The fourth-order valence-corrected chi connectivity index (χ4v) is 5.47. The molecule has 1 aromatic carbocycles. The smallest absolute Gasteiger partial charge is 0.459 e. The number of hydrogen-bond donors (Lipinski definition) is 0. The fourth-order valence-electron chi connectivity index (χ4n) is 5.47. The van der Waals surface area contributed by atoms with Crippen molar-refractivity contribution in [2.24, 2.45) is 0 Å². The highest BCUT2D eigenvalue weighted by atomic mass is 19.5. The molecule has 2 aromatic heterocycles. The van der Waals surface area contributed by atoms with Gasteiger partial charge in [-0.15, -0.1) is 9.97 Å². The third kappa shape index (κ3) is 12.4. The number of rotatable bonds is 22. The summed E-state index contributed by atoms with van der Waals surface area (Å²) in [6.45, 7) is -9.08. The first kappa shape index (κ1) is 60.6. The summed E-state index contributed by atoms with van der Waals surface area (Å²) in [4.78, 5) is 22.3.